The SMILES string of the molecule is NC(CCNCCNC(=O)c1ccccc1-c1ccc(Cn2nc(Cl)nc2Cl)cc1)C(=O)O. The number of carboxylic acids is 1. The van der Waals surface area contributed by atoms with Gasteiger partial charge in [-0.3, -0.25) is 9.59 Å². The lowest BCUT2D eigenvalue weighted by Crippen LogP contribution is -2.36. The van der Waals surface area contributed by atoms with Crippen LogP contribution < -0.4 is 16.4 Å². The van der Waals surface area contributed by atoms with Crippen molar-refractivity contribution in [1.29, 1.82) is 0 Å². The van der Waals surface area contributed by atoms with E-state index in [1.165, 1.54) is 4.68 Å². The molecule has 1 heterocycles. The maximum Gasteiger partial charge on any atom is 0.320 e. The van der Waals surface area contributed by atoms with E-state index in [1.54, 1.807) is 6.07 Å². The summed E-state index contributed by atoms with van der Waals surface area (Å²) in [6.45, 7) is 1.78. The number of aliphatic carboxylic acids is 1. The topological polar surface area (TPSA) is 135 Å². The van der Waals surface area contributed by atoms with Crippen LogP contribution in [0.2, 0.25) is 10.6 Å². The average molecular weight is 491 g/mol. The molecule has 0 saturated carbocycles. The highest BCUT2D eigenvalue weighted by molar-refractivity contribution is 6.31. The zero-order chi connectivity index (χ0) is 23.8. The fraction of sp³-hybridized carbons (Fsp3) is 0.273. The van der Waals surface area contributed by atoms with Crippen molar-refractivity contribution in [3.63, 3.8) is 0 Å². The molecule has 2 aromatic carbocycles. The molecule has 1 unspecified atom stereocenters. The van der Waals surface area contributed by atoms with Crippen molar-refractivity contribution in [2.75, 3.05) is 19.6 Å². The number of nitrogens with zero attached hydrogens (tertiary/aromatic N) is 3. The van der Waals surface area contributed by atoms with Gasteiger partial charge in [-0.05, 0) is 58.9 Å². The molecule has 0 aliphatic rings. The number of halogens is 2. The first-order valence-electron chi connectivity index (χ1n) is 10.3. The predicted molar refractivity (Wildman–Crippen MR) is 126 cm³/mol. The number of rotatable bonds is 11. The number of aromatic nitrogens is 3. The third kappa shape index (κ3) is 7.00. The maximum atomic E-state index is 12.7. The summed E-state index contributed by atoms with van der Waals surface area (Å²) in [6.07, 6.45) is 0.318. The van der Waals surface area contributed by atoms with E-state index in [2.05, 4.69) is 20.7 Å². The quantitative estimate of drug-likeness (QED) is 0.303. The molecule has 0 aliphatic heterocycles. The minimum Gasteiger partial charge on any atom is -0.480 e. The molecular formula is C22H24Cl2N6O3. The Labute approximate surface area is 200 Å². The number of hydrogen-bond acceptors (Lipinski definition) is 6. The first-order chi connectivity index (χ1) is 15.8. The normalized spacial score (nSPS) is 11.8. The zero-order valence-corrected chi connectivity index (χ0v) is 19.2. The van der Waals surface area contributed by atoms with Crippen molar-refractivity contribution >= 4 is 35.1 Å². The number of nitrogens with one attached hydrogen (secondary N) is 2. The molecule has 0 bridgehead atoms. The van der Waals surface area contributed by atoms with Gasteiger partial charge in [-0.1, -0.05) is 42.5 Å². The monoisotopic (exact) mass is 490 g/mol. The van der Waals surface area contributed by atoms with Gasteiger partial charge >= 0.3 is 5.97 Å². The van der Waals surface area contributed by atoms with E-state index in [0.29, 0.717) is 38.2 Å². The molecule has 174 valence electrons. The smallest absolute Gasteiger partial charge is 0.320 e. The Hall–Kier alpha value is -2.98. The van der Waals surface area contributed by atoms with Crippen molar-refractivity contribution in [2.45, 2.75) is 19.0 Å². The third-order valence-corrected chi connectivity index (χ3v) is 5.35. The number of nitrogens with two attached hydrogens (primary N) is 1. The van der Waals surface area contributed by atoms with Gasteiger partial charge in [0, 0.05) is 18.7 Å². The van der Waals surface area contributed by atoms with E-state index in [1.807, 2.05) is 42.5 Å². The lowest BCUT2D eigenvalue weighted by Gasteiger charge is -2.12. The molecule has 1 atom stereocenters. The summed E-state index contributed by atoms with van der Waals surface area (Å²) in [5, 5.41) is 19.1. The Morgan fingerprint density at radius 3 is 2.45 bits per heavy atom. The number of carbonyl (C=O) groups is 2. The van der Waals surface area contributed by atoms with Crippen LogP contribution in [-0.4, -0.2) is 57.4 Å². The first-order valence-corrected chi connectivity index (χ1v) is 11.0. The van der Waals surface area contributed by atoms with Gasteiger partial charge in [0.1, 0.15) is 6.04 Å². The Kier molecular flexibility index (Phi) is 8.79. The number of amides is 1. The highest BCUT2D eigenvalue weighted by atomic mass is 35.5. The van der Waals surface area contributed by atoms with Gasteiger partial charge in [-0.15, -0.1) is 5.10 Å². The molecule has 5 N–H and O–H groups in total. The van der Waals surface area contributed by atoms with E-state index in [4.69, 9.17) is 34.0 Å². The summed E-state index contributed by atoms with van der Waals surface area (Å²) in [6, 6.07) is 14.2. The third-order valence-electron chi connectivity index (χ3n) is 4.91. The molecule has 0 spiro atoms. The largest absolute Gasteiger partial charge is 0.480 e. The standard InChI is InChI=1S/C22H24Cl2N6O3/c23-21-28-22(24)30(29-21)13-14-5-7-15(8-6-14)16-3-1-2-4-17(16)19(31)27-12-11-26-10-9-18(25)20(32)33/h1-8,18,26H,9-13,25H2,(H,27,31)(H,32,33). The van der Waals surface area contributed by atoms with Gasteiger partial charge in [0.05, 0.1) is 6.54 Å². The van der Waals surface area contributed by atoms with Crippen LogP contribution in [0.5, 0.6) is 0 Å². The minimum absolute atomic E-state index is 0.0931. The van der Waals surface area contributed by atoms with Crippen molar-refractivity contribution in [1.82, 2.24) is 25.4 Å². The number of carboxylic acid groups (broad SMARTS) is 1. The van der Waals surface area contributed by atoms with E-state index in [9.17, 15) is 9.59 Å². The highest BCUT2D eigenvalue weighted by Gasteiger charge is 2.13. The summed E-state index contributed by atoms with van der Waals surface area (Å²) in [5.74, 6) is -1.22. The highest BCUT2D eigenvalue weighted by Crippen LogP contribution is 2.24. The average Bonchev–Trinajstić information content (AvgIpc) is 3.12. The second kappa shape index (κ2) is 11.8. The molecular weight excluding hydrogens is 467 g/mol. The van der Waals surface area contributed by atoms with Crippen LogP contribution in [0.3, 0.4) is 0 Å². The van der Waals surface area contributed by atoms with Crippen molar-refractivity contribution in [3.8, 4) is 11.1 Å². The molecule has 0 fully saturated rings. The molecule has 0 saturated heterocycles. The molecule has 1 aromatic heterocycles. The van der Waals surface area contributed by atoms with Crippen LogP contribution in [0.25, 0.3) is 11.1 Å². The van der Waals surface area contributed by atoms with Crippen LogP contribution in [-0.2, 0) is 11.3 Å². The van der Waals surface area contributed by atoms with Crippen molar-refractivity contribution < 1.29 is 14.7 Å². The molecule has 33 heavy (non-hydrogen) atoms. The molecule has 3 rings (SSSR count). The summed E-state index contributed by atoms with van der Waals surface area (Å²) in [7, 11) is 0. The number of hydrogen-bond donors (Lipinski definition) is 4. The Balaban J connectivity index is 1.57. The molecule has 0 aliphatic carbocycles. The maximum absolute atomic E-state index is 12.7. The van der Waals surface area contributed by atoms with Gasteiger partial charge in [-0.25, -0.2) is 4.68 Å². The molecule has 3 aromatic rings. The second-order valence-electron chi connectivity index (χ2n) is 7.29. The van der Waals surface area contributed by atoms with Crippen LogP contribution in [0.1, 0.15) is 22.3 Å². The van der Waals surface area contributed by atoms with Crippen LogP contribution in [0.4, 0.5) is 0 Å². The summed E-state index contributed by atoms with van der Waals surface area (Å²) in [4.78, 5) is 27.3. The van der Waals surface area contributed by atoms with E-state index >= 15 is 0 Å². The fourth-order valence-electron chi connectivity index (χ4n) is 3.16. The number of benzene rings is 2. The fourth-order valence-corrected chi connectivity index (χ4v) is 3.55. The van der Waals surface area contributed by atoms with Crippen molar-refractivity contribution in [3.05, 3.63) is 70.2 Å². The lowest BCUT2D eigenvalue weighted by atomic mass is 9.98. The van der Waals surface area contributed by atoms with Gasteiger partial charge in [-0.2, -0.15) is 4.98 Å². The Morgan fingerprint density at radius 2 is 1.79 bits per heavy atom. The van der Waals surface area contributed by atoms with Gasteiger partial charge in [0.25, 0.3) is 5.91 Å². The summed E-state index contributed by atoms with van der Waals surface area (Å²) < 4.78 is 1.50. The van der Waals surface area contributed by atoms with E-state index < -0.39 is 12.0 Å². The summed E-state index contributed by atoms with van der Waals surface area (Å²) in [5.41, 5.74) is 8.68. The predicted octanol–water partition coefficient (Wildman–Crippen LogP) is 2.42. The lowest BCUT2D eigenvalue weighted by molar-refractivity contribution is -0.138. The molecule has 11 heteroatoms. The van der Waals surface area contributed by atoms with Crippen LogP contribution >= 0.6 is 23.2 Å². The van der Waals surface area contributed by atoms with Gasteiger partial charge in [0.2, 0.25) is 10.6 Å². The van der Waals surface area contributed by atoms with Crippen LogP contribution in [0, 0.1) is 0 Å². The molecule has 0 radical (unpaired) electrons. The van der Waals surface area contributed by atoms with Crippen molar-refractivity contribution in [2.24, 2.45) is 5.73 Å². The minimum atomic E-state index is -1.03. The van der Waals surface area contributed by atoms with Gasteiger partial charge in [0.15, 0.2) is 0 Å². The first kappa shape index (κ1) is 24.7. The summed E-state index contributed by atoms with van der Waals surface area (Å²) >= 11 is 11.8. The second-order valence-corrected chi connectivity index (χ2v) is 7.97. The molecule has 1 amide bonds. The number of carbonyl (C=O) groups excluding carboxylic acids is 1. The Bertz CT molecular complexity index is 1100. The van der Waals surface area contributed by atoms with E-state index in [0.717, 1.165) is 16.7 Å². The Morgan fingerprint density at radius 1 is 1.06 bits per heavy atom. The van der Waals surface area contributed by atoms with E-state index in [-0.39, 0.29) is 16.5 Å². The van der Waals surface area contributed by atoms with Crippen LogP contribution in [0.15, 0.2) is 48.5 Å². The zero-order valence-electron chi connectivity index (χ0n) is 17.7. The molecule has 9 nitrogen and oxygen atoms in total. The van der Waals surface area contributed by atoms with Gasteiger partial charge < -0.3 is 21.5 Å².